The van der Waals surface area contributed by atoms with Crippen molar-refractivity contribution < 1.29 is 4.74 Å². The van der Waals surface area contributed by atoms with E-state index in [2.05, 4.69) is 18.0 Å². The fraction of sp³-hybridized carbons (Fsp3) is 0.500. The van der Waals surface area contributed by atoms with Gasteiger partial charge in [-0.25, -0.2) is 0 Å². The van der Waals surface area contributed by atoms with E-state index < -0.39 is 0 Å². The summed E-state index contributed by atoms with van der Waals surface area (Å²) in [5.74, 6) is 0.850. The summed E-state index contributed by atoms with van der Waals surface area (Å²) in [6, 6.07) is 9.94. The number of ether oxygens (including phenoxy) is 1. The van der Waals surface area contributed by atoms with Gasteiger partial charge in [-0.2, -0.15) is 5.26 Å². The lowest BCUT2D eigenvalue weighted by molar-refractivity contribution is 0.125. The van der Waals surface area contributed by atoms with Crippen LogP contribution in [0.25, 0.3) is 0 Å². The van der Waals surface area contributed by atoms with E-state index in [0.717, 1.165) is 12.4 Å². The summed E-state index contributed by atoms with van der Waals surface area (Å²) >= 11 is 0. The molecule has 0 saturated carbocycles. The Morgan fingerprint density at radius 1 is 1.35 bits per heavy atom. The summed E-state index contributed by atoms with van der Waals surface area (Å²) in [6.45, 7) is 1.91. The third kappa shape index (κ3) is 3.21. The number of piperidine rings is 1. The van der Waals surface area contributed by atoms with Gasteiger partial charge in [-0.05, 0) is 50.7 Å². The Labute approximate surface area is 103 Å². The van der Waals surface area contributed by atoms with Crippen LogP contribution in [0.4, 0.5) is 0 Å². The fourth-order valence-electron chi connectivity index (χ4n) is 2.17. The second-order valence-electron chi connectivity index (χ2n) is 4.58. The monoisotopic (exact) mass is 230 g/mol. The van der Waals surface area contributed by atoms with Crippen LogP contribution in [0.5, 0.6) is 5.75 Å². The average molecular weight is 230 g/mol. The molecule has 17 heavy (non-hydrogen) atoms. The SMILES string of the molecule is CN1CCCCC1COc1ccc(C#N)cc1. The summed E-state index contributed by atoms with van der Waals surface area (Å²) in [6.07, 6.45) is 3.81. The number of likely N-dealkylation sites (tertiary alicyclic amines) is 1. The van der Waals surface area contributed by atoms with Crippen molar-refractivity contribution in [3.8, 4) is 11.8 Å². The van der Waals surface area contributed by atoms with Crippen molar-refractivity contribution in [1.82, 2.24) is 4.90 Å². The number of benzene rings is 1. The zero-order chi connectivity index (χ0) is 12.1. The second kappa shape index (κ2) is 5.70. The van der Waals surface area contributed by atoms with Crippen LogP contribution >= 0.6 is 0 Å². The molecule has 1 heterocycles. The highest BCUT2D eigenvalue weighted by molar-refractivity contribution is 5.34. The van der Waals surface area contributed by atoms with Gasteiger partial charge < -0.3 is 9.64 Å². The van der Waals surface area contributed by atoms with E-state index in [4.69, 9.17) is 10.00 Å². The standard InChI is InChI=1S/C14H18N2O/c1-16-9-3-2-4-13(16)11-17-14-7-5-12(10-15)6-8-14/h5-8,13H,2-4,9,11H2,1H3. The molecular formula is C14H18N2O. The largest absolute Gasteiger partial charge is 0.492 e. The van der Waals surface area contributed by atoms with Gasteiger partial charge in [0.25, 0.3) is 0 Å². The van der Waals surface area contributed by atoms with Crippen molar-refractivity contribution in [2.45, 2.75) is 25.3 Å². The maximum Gasteiger partial charge on any atom is 0.119 e. The maximum absolute atomic E-state index is 8.70. The van der Waals surface area contributed by atoms with Crippen LogP contribution in [0.15, 0.2) is 24.3 Å². The van der Waals surface area contributed by atoms with E-state index >= 15 is 0 Å². The number of likely N-dealkylation sites (N-methyl/N-ethyl adjacent to an activating group) is 1. The molecule has 1 aromatic rings. The van der Waals surface area contributed by atoms with E-state index in [-0.39, 0.29) is 0 Å². The Hall–Kier alpha value is -1.53. The Kier molecular flexibility index (Phi) is 4.00. The number of hydrogen-bond donors (Lipinski definition) is 0. The van der Waals surface area contributed by atoms with Crippen molar-refractivity contribution in [2.24, 2.45) is 0 Å². The average Bonchev–Trinajstić information content (AvgIpc) is 2.38. The summed E-state index contributed by atoms with van der Waals surface area (Å²) < 4.78 is 5.76. The summed E-state index contributed by atoms with van der Waals surface area (Å²) in [5, 5.41) is 8.70. The first-order valence-electron chi connectivity index (χ1n) is 6.13. The molecule has 0 N–H and O–H groups in total. The van der Waals surface area contributed by atoms with Crippen LogP contribution < -0.4 is 4.74 Å². The lowest BCUT2D eigenvalue weighted by Gasteiger charge is -2.32. The van der Waals surface area contributed by atoms with Crippen LogP contribution in [-0.2, 0) is 0 Å². The molecule has 1 fully saturated rings. The third-order valence-electron chi connectivity index (χ3n) is 3.35. The van der Waals surface area contributed by atoms with Crippen LogP contribution in [0.2, 0.25) is 0 Å². The van der Waals surface area contributed by atoms with Gasteiger partial charge in [-0.3, -0.25) is 0 Å². The molecule has 0 amide bonds. The van der Waals surface area contributed by atoms with Crippen LogP contribution in [0.3, 0.4) is 0 Å². The zero-order valence-corrected chi connectivity index (χ0v) is 10.2. The van der Waals surface area contributed by atoms with Gasteiger partial charge in [0.05, 0.1) is 11.6 Å². The Morgan fingerprint density at radius 3 is 2.76 bits per heavy atom. The highest BCUT2D eigenvalue weighted by Crippen LogP contribution is 2.17. The minimum atomic E-state index is 0.527. The highest BCUT2D eigenvalue weighted by Gasteiger charge is 2.19. The van der Waals surface area contributed by atoms with E-state index in [9.17, 15) is 0 Å². The molecule has 1 aromatic carbocycles. The third-order valence-corrected chi connectivity index (χ3v) is 3.35. The van der Waals surface area contributed by atoms with Crippen molar-refractivity contribution in [1.29, 1.82) is 5.26 Å². The molecule has 0 aliphatic carbocycles. The topological polar surface area (TPSA) is 36.3 Å². The molecule has 1 atom stereocenters. The smallest absolute Gasteiger partial charge is 0.119 e. The van der Waals surface area contributed by atoms with Gasteiger partial charge in [0.15, 0.2) is 0 Å². The minimum Gasteiger partial charge on any atom is -0.492 e. The van der Waals surface area contributed by atoms with Crippen molar-refractivity contribution in [2.75, 3.05) is 20.2 Å². The molecular weight excluding hydrogens is 212 g/mol. The predicted octanol–water partition coefficient (Wildman–Crippen LogP) is 2.42. The molecule has 2 rings (SSSR count). The summed E-state index contributed by atoms with van der Waals surface area (Å²) in [5.41, 5.74) is 0.673. The molecule has 1 unspecified atom stereocenters. The zero-order valence-electron chi connectivity index (χ0n) is 10.2. The van der Waals surface area contributed by atoms with Gasteiger partial charge in [0.1, 0.15) is 12.4 Å². The molecule has 90 valence electrons. The first kappa shape index (κ1) is 11.9. The number of rotatable bonds is 3. The first-order valence-corrected chi connectivity index (χ1v) is 6.13. The van der Waals surface area contributed by atoms with Gasteiger partial charge in [0.2, 0.25) is 0 Å². The quantitative estimate of drug-likeness (QED) is 0.800. The fourth-order valence-corrected chi connectivity index (χ4v) is 2.17. The summed E-state index contributed by atoms with van der Waals surface area (Å²) in [7, 11) is 2.16. The lowest BCUT2D eigenvalue weighted by atomic mass is 10.0. The molecule has 1 aliphatic rings. The van der Waals surface area contributed by atoms with Crippen LogP contribution in [-0.4, -0.2) is 31.1 Å². The molecule has 1 aliphatic heterocycles. The highest BCUT2D eigenvalue weighted by atomic mass is 16.5. The van der Waals surface area contributed by atoms with E-state index in [1.54, 1.807) is 12.1 Å². The molecule has 3 heteroatoms. The molecule has 1 saturated heterocycles. The van der Waals surface area contributed by atoms with Gasteiger partial charge in [-0.15, -0.1) is 0 Å². The molecule has 0 bridgehead atoms. The molecule has 3 nitrogen and oxygen atoms in total. The van der Waals surface area contributed by atoms with E-state index in [1.807, 2.05) is 12.1 Å². The Bertz CT molecular complexity index is 394. The van der Waals surface area contributed by atoms with Crippen LogP contribution in [0, 0.1) is 11.3 Å². The minimum absolute atomic E-state index is 0.527. The van der Waals surface area contributed by atoms with Crippen LogP contribution in [0.1, 0.15) is 24.8 Å². The van der Waals surface area contributed by atoms with E-state index in [1.165, 1.54) is 25.8 Å². The molecule has 0 aromatic heterocycles. The first-order chi connectivity index (χ1) is 8.29. The molecule has 0 spiro atoms. The number of hydrogen-bond acceptors (Lipinski definition) is 3. The maximum atomic E-state index is 8.70. The molecule has 0 radical (unpaired) electrons. The lowest BCUT2D eigenvalue weighted by Crippen LogP contribution is -2.40. The Morgan fingerprint density at radius 2 is 2.12 bits per heavy atom. The predicted molar refractivity (Wildman–Crippen MR) is 66.9 cm³/mol. The van der Waals surface area contributed by atoms with Crippen molar-refractivity contribution >= 4 is 0 Å². The van der Waals surface area contributed by atoms with E-state index in [0.29, 0.717) is 11.6 Å². The van der Waals surface area contributed by atoms with Gasteiger partial charge in [-0.1, -0.05) is 6.42 Å². The normalized spacial score (nSPS) is 20.8. The second-order valence-corrected chi connectivity index (χ2v) is 4.58. The Balaban J connectivity index is 1.86. The summed E-state index contributed by atoms with van der Waals surface area (Å²) in [4.78, 5) is 2.37. The van der Waals surface area contributed by atoms with Crippen molar-refractivity contribution in [3.63, 3.8) is 0 Å². The van der Waals surface area contributed by atoms with Gasteiger partial charge >= 0.3 is 0 Å². The number of nitriles is 1. The number of nitrogens with zero attached hydrogens (tertiary/aromatic N) is 2. The van der Waals surface area contributed by atoms with Gasteiger partial charge in [0, 0.05) is 6.04 Å². The van der Waals surface area contributed by atoms with Crippen molar-refractivity contribution in [3.05, 3.63) is 29.8 Å².